The molecule has 0 bridgehead atoms. The van der Waals surface area contributed by atoms with Crippen LogP contribution in [0.1, 0.15) is 16.7 Å². The number of thioether (sulfide) groups is 1. The summed E-state index contributed by atoms with van der Waals surface area (Å²) in [5, 5.41) is 0.671. The molecule has 0 radical (unpaired) electrons. The van der Waals surface area contributed by atoms with Crippen molar-refractivity contribution in [3.05, 3.63) is 69.1 Å². The molecular formula is C18H14ClNOS2. The first kappa shape index (κ1) is 16.2. The molecule has 0 N–H and O–H groups in total. The number of hydrogen-bond acceptors (Lipinski definition) is 3. The Bertz CT molecular complexity index is 827. The number of aryl methyl sites for hydroxylation is 2. The molecule has 0 saturated carbocycles. The summed E-state index contributed by atoms with van der Waals surface area (Å²) in [6, 6.07) is 13.4. The van der Waals surface area contributed by atoms with Crippen LogP contribution in [0.15, 0.2) is 47.4 Å². The fourth-order valence-corrected chi connectivity index (χ4v) is 3.85. The number of carbonyl (C=O) groups is 1. The zero-order valence-electron chi connectivity index (χ0n) is 12.7. The standard InChI is InChI=1S/C18H14ClNOS2/c1-11-3-8-15(12(2)9-11)20-17(21)16(23-18(20)22)10-13-4-6-14(19)7-5-13/h3-10H,1-2H3/b16-10-. The molecule has 0 unspecified atom stereocenters. The fourth-order valence-electron chi connectivity index (χ4n) is 2.44. The average molecular weight is 360 g/mol. The Hall–Kier alpha value is -1.62. The molecule has 1 aliphatic heterocycles. The molecule has 1 aliphatic rings. The first-order valence-electron chi connectivity index (χ1n) is 7.06. The van der Waals surface area contributed by atoms with E-state index in [9.17, 15) is 4.79 Å². The molecule has 3 rings (SSSR count). The molecule has 5 heteroatoms. The molecule has 2 aromatic rings. The van der Waals surface area contributed by atoms with Crippen molar-refractivity contribution in [1.82, 2.24) is 0 Å². The summed E-state index contributed by atoms with van der Waals surface area (Å²) in [5.74, 6) is -0.0816. The number of hydrogen-bond donors (Lipinski definition) is 0. The lowest BCUT2D eigenvalue weighted by Gasteiger charge is -2.17. The lowest BCUT2D eigenvalue weighted by Crippen LogP contribution is -2.28. The van der Waals surface area contributed by atoms with Crippen LogP contribution in [0, 0.1) is 13.8 Å². The van der Waals surface area contributed by atoms with Gasteiger partial charge in [0, 0.05) is 5.02 Å². The molecular weight excluding hydrogens is 346 g/mol. The van der Waals surface area contributed by atoms with Gasteiger partial charge in [-0.15, -0.1) is 0 Å². The molecule has 0 aliphatic carbocycles. The number of rotatable bonds is 2. The number of amides is 1. The molecule has 1 saturated heterocycles. The summed E-state index contributed by atoms with van der Waals surface area (Å²) in [7, 11) is 0. The second-order valence-corrected chi connectivity index (χ2v) is 7.47. The molecule has 1 amide bonds. The minimum absolute atomic E-state index is 0.0816. The van der Waals surface area contributed by atoms with E-state index >= 15 is 0 Å². The second kappa shape index (κ2) is 6.48. The Morgan fingerprint density at radius 3 is 2.48 bits per heavy atom. The van der Waals surface area contributed by atoms with Crippen LogP contribution in [-0.2, 0) is 4.79 Å². The summed E-state index contributed by atoms with van der Waals surface area (Å²) in [6.07, 6.45) is 1.85. The highest BCUT2D eigenvalue weighted by Gasteiger charge is 2.33. The minimum Gasteiger partial charge on any atom is -0.268 e. The maximum atomic E-state index is 12.7. The maximum absolute atomic E-state index is 12.7. The highest BCUT2D eigenvalue weighted by Crippen LogP contribution is 2.37. The second-order valence-electron chi connectivity index (χ2n) is 5.36. The van der Waals surface area contributed by atoms with E-state index in [-0.39, 0.29) is 5.91 Å². The summed E-state index contributed by atoms with van der Waals surface area (Å²) in [6.45, 7) is 4.02. The van der Waals surface area contributed by atoms with Gasteiger partial charge >= 0.3 is 0 Å². The van der Waals surface area contributed by atoms with Crippen LogP contribution >= 0.6 is 35.6 Å². The number of thiocarbonyl (C=S) groups is 1. The average Bonchev–Trinajstić information content (AvgIpc) is 2.77. The number of benzene rings is 2. The third kappa shape index (κ3) is 3.34. The van der Waals surface area contributed by atoms with Crippen molar-refractivity contribution in [2.24, 2.45) is 0 Å². The SMILES string of the molecule is Cc1ccc(N2C(=O)/C(=C/c3ccc(Cl)cc3)SC2=S)c(C)c1. The third-order valence-corrected chi connectivity index (χ3v) is 5.11. The Labute approximate surface area is 150 Å². The zero-order chi connectivity index (χ0) is 16.6. The van der Waals surface area contributed by atoms with Gasteiger partial charge in [-0.05, 0) is 49.2 Å². The van der Waals surface area contributed by atoms with Crippen LogP contribution in [0.3, 0.4) is 0 Å². The smallest absolute Gasteiger partial charge is 0.268 e. The van der Waals surface area contributed by atoms with Gasteiger partial charge in [-0.25, -0.2) is 0 Å². The quantitative estimate of drug-likeness (QED) is 0.531. The lowest BCUT2D eigenvalue weighted by molar-refractivity contribution is -0.113. The molecule has 116 valence electrons. The number of nitrogens with zero attached hydrogens (tertiary/aromatic N) is 1. The fraction of sp³-hybridized carbons (Fsp3) is 0.111. The van der Waals surface area contributed by atoms with Crippen LogP contribution in [0.25, 0.3) is 6.08 Å². The number of carbonyl (C=O) groups excluding carboxylic acids is 1. The summed E-state index contributed by atoms with van der Waals surface area (Å²) in [5.41, 5.74) is 3.97. The zero-order valence-corrected chi connectivity index (χ0v) is 15.1. The van der Waals surface area contributed by atoms with E-state index in [0.29, 0.717) is 14.2 Å². The predicted octanol–water partition coefficient (Wildman–Crippen LogP) is 5.36. The first-order valence-corrected chi connectivity index (χ1v) is 8.67. The van der Waals surface area contributed by atoms with E-state index < -0.39 is 0 Å². The van der Waals surface area contributed by atoms with Crippen molar-refractivity contribution in [1.29, 1.82) is 0 Å². The van der Waals surface area contributed by atoms with Crippen molar-refractivity contribution in [2.45, 2.75) is 13.8 Å². The van der Waals surface area contributed by atoms with Crippen LogP contribution in [0.4, 0.5) is 5.69 Å². The van der Waals surface area contributed by atoms with Gasteiger partial charge in [-0.3, -0.25) is 9.69 Å². The van der Waals surface area contributed by atoms with Gasteiger partial charge in [0.05, 0.1) is 10.6 Å². The summed E-state index contributed by atoms with van der Waals surface area (Å²) >= 11 is 12.6. The van der Waals surface area contributed by atoms with Gasteiger partial charge in [-0.1, -0.05) is 65.4 Å². The van der Waals surface area contributed by atoms with Crippen LogP contribution in [0.5, 0.6) is 0 Å². The van der Waals surface area contributed by atoms with Crippen molar-refractivity contribution in [2.75, 3.05) is 4.90 Å². The highest BCUT2D eigenvalue weighted by molar-refractivity contribution is 8.27. The summed E-state index contributed by atoms with van der Waals surface area (Å²) < 4.78 is 0.558. The van der Waals surface area contributed by atoms with Gasteiger partial charge in [0.2, 0.25) is 0 Å². The molecule has 0 atom stereocenters. The Balaban J connectivity index is 1.95. The van der Waals surface area contributed by atoms with Crippen LogP contribution in [-0.4, -0.2) is 10.2 Å². The topological polar surface area (TPSA) is 20.3 Å². The first-order chi connectivity index (χ1) is 11.0. The van der Waals surface area contributed by atoms with E-state index in [4.69, 9.17) is 23.8 Å². The van der Waals surface area contributed by atoms with Crippen molar-refractivity contribution in [3.8, 4) is 0 Å². The normalized spacial score (nSPS) is 16.5. The van der Waals surface area contributed by atoms with E-state index in [2.05, 4.69) is 6.07 Å². The van der Waals surface area contributed by atoms with Gasteiger partial charge in [0.25, 0.3) is 5.91 Å². The Kier molecular flexibility index (Phi) is 4.57. The van der Waals surface area contributed by atoms with Crippen molar-refractivity contribution < 1.29 is 4.79 Å². The van der Waals surface area contributed by atoms with E-state index in [1.54, 1.807) is 17.0 Å². The molecule has 2 aromatic carbocycles. The van der Waals surface area contributed by atoms with Gasteiger partial charge in [-0.2, -0.15) is 0 Å². The van der Waals surface area contributed by atoms with E-state index in [1.165, 1.54) is 11.8 Å². The number of anilines is 1. The van der Waals surface area contributed by atoms with Crippen LogP contribution < -0.4 is 4.90 Å². The lowest BCUT2D eigenvalue weighted by atomic mass is 10.1. The molecule has 0 spiro atoms. The van der Waals surface area contributed by atoms with E-state index in [0.717, 1.165) is 22.4 Å². The molecule has 1 fully saturated rings. The van der Waals surface area contributed by atoms with Crippen molar-refractivity contribution in [3.63, 3.8) is 0 Å². The van der Waals surface area contributed by atoms with Gasteiger partial charge in [0.1, 0.15) is 0 Å². The highest BCUT2D eigenvalue weighted by atomic mass is 35.5. The largest absolute Gasteiger partial charge is 0.270 e. The number of halogens is 1. The maximum Gasteiger partial charge on any atom is 0.270 e. The molecule has 1 heterocycles. The predicted molar refractivity (Wildman–Crippen MR) is 103 cm³/mol. The summed E-state index contributed by atoms with van der Waals surface area (Å²) in [4.78, 5) is 15.0. The van der Waals surface area contributed by atoms with Crippen LogP contribution in [0.2, 0.25) is 5.02 Å². The minimum atomic E-state index is -0.0816. The third-order valence-electron chi connectivity index (χ3n) is 3.55. The van der Waals surface area contributed by atoms with Gasteiger partial charge < -0.3 is 0 Å². The molecule has 23 heavy (non-hydrogen) atoms. The Morgan fingerprint density at radius 2 is 1.83 bits per heavy atom. The molecule has 0 aromatic heterocycles. The Morgan fingerprint density at radius 1 is 1.13 bits per heavy atom. The van der Waals surface area contributed by atoms with E-state index in [1.807, 2.05) is 44.2 Å². The van der Waals surface area contributed by atoms with Gasteiger partial charge in [0.15, 0.2) is 4.32 Å². The molecule has 2 nitrogen and oxygen atoms in total. The monoisotopic (exact) mass is 359 g/mol. The van der Waals surface area contributed by atoms with Crippen molar-refractivity contribution >= 4 is 57.6 Å².